The molecule has 15 heavy (non-hydrogen) atoms. The largest absolute Gasteiger partial charge is 2.00 e. The van der Waals surface area contributed by atoms with E-state index in [1.807, 2.05) is 60.7 Å². The molecule has 0 nitrogen and oxygen atoms in total. The zero-order valence-corrected chi connectivity index (χ0v) is 13.2. The van der Waals surface area contributed by atoms with Gasteiger partial charge in [0.15, 0.2) is 0 Å². The first-order valence-electron chi connectivity index (χ1n) is 4.83. The van der Waals surface area contributed by atoms with Gasteiger partial charge < -0.3 is 0 Å². The SMILES string of the molecule is C[Si](C)C.[Zr+2].c1cc[cH-]c1.c1cc[cH-]c1. The molecule has 0 heterocycles. The van der Waals surface area contributed by atoms with E-state index in [1.54, 1.807) is 0 Å². The molecule has 0 aliphatic carbocycles. The van der Waals surface area contributed by atoms with E-state index in [-0.39, 0.29) is 35.0 Å². The Morgan fingerprint density at radius 1 is 0.667 bits per heavy atom. The fraction of sp³-hybridized carbons (Fsp3) is 0.231. The van der Waals surface area contributed by atoms with Gasteiger partial charge in [0.1, 0.15) is 0 Å². The van der Waals surface area contributed by atoms with Gasteiger partial charge in [-0.2, -0.15) is 36.4 Å². The maximum atomic E-state index is 2.27. The predicted octanol–water partition coefficient (Wildman–Crippen LogP) is 4.18. The summed E-state index contributed by atoms with van der Waals surface area (Å²) in [6.07, 6.45) is 0. The van der Waals surface area contributed by atoms with Crippen LogP contribution in [0.15, 0.2) is 60.7 Å². The van der Waals surface area contributed by atoms with Crippen LogP contribution >= 0.6 is 0 Å². The third-order valence-electron chi connectivity index (χ3n) is 1.11. The number of hydrogen-bond donors (Lipinski definition) is 0. The Kier molecular flexibility index (Phi) is 15.8. The van der Waals surface area contributed by atoms with Crippen molar-refractivity contribution < 1.29 is 26.2 Å². The molecular weight excluding hydrogens is 275 g/mol. The minimum atomic E-state index is 0. The zero-order valence-electron chi connectivity index (χ0n) is 9.77. The summed E-state index contributed by atoms with van der Waals surface area (Å²) in [5.41, 5.74) is 0. The smallest absolute Gasteiger partial charge is 0.214 e. The van der Waals surface area contributed by atoms with E-state index in [1.165, 1.54) is 0 Å². The summed E-state index contributed by atoms with van der Waals surface area (Å²) >= 11 is 0. The van der Waals surface area contributed by atoms with Crippen LogP contribution in [0.2, 0.25) is 19.6 Å². The second-order valence-electron chi connectivity index (χ2n) is 3.42. The summed E-state index contributed by atoms with van der Waals surface area (Å²) < 4.78 is 0. The van der Waals surface area contributed by atoms with Gasteiger partial charge in [0.25, 0.3) is 0 Å². The van der Waals surface area contributed by atoms with Crippen LogP contribution in [0.25, 0.3) is 0 Å². The second-order valence-corrected chi connectivity index (χ2v) is 6.42. The van der Waals surface area contributed by atoms with Crippen molar-refractivity contribution in [2.45, 2.75) is 19.6 Å². The van der Waals surface area contributed by atoms with Gasteiger partial charge in [-0.05, 0) is 0 Å². The molecule has 0 spiro atoms. The molecule has 2 aromatic rings. The van der Waals surface area contributed by atoms with Crippen LogP contribution in [0.4, 0.5) is 0 Å². The quantitative estimate of drug-likeness (QED) is 0.505. The van der Waals surface area contributed by atoms with Crippen LogP contribution in [-0.4, -0.2) is 8.80 Å². The van der Waals surface area contributed by atoms with Gasteiger partial charge >= 0.3 is 26.2 Å². The average molecular weight is 295 g/mol. The summed E-state index contributed by atoms with van der Waals surface area (Å²) in [5.74, 6) is 0. The summed E-state index contributed by atoms with van der Waals surface area (Å²) in [7, 11) is 0.120. The van der Waals surface area contributed by atoms with E-state index < -0.39 is 0 Å². The molecule has 0 N–H and O–H groups in total. The maximum Gasteiger partial charge on any atom is 2.00 e. The van der Waals surface area contributed by atoms with Crippen LogP contribution in [0.3, 0.4) is 0 Å². The molecule has 0 amide bonds. The van der Waals surface area contributed by atoms with Gasteiger partial charge in [-0.3, -0.25) is 0 Å². The van der Waals surface area contributed by atoms with E-state index in [4.69, 9.17) is 0 Å². The molecule has 0 bridgehead atoms. The average Bonchev–Trinajstić information content (AvgIpc) is 2.83. The standard InChI is InChI=1S/2C5H5.C3H9Si.Zr/c2*1-2-4-5-3-1;1-4(2)3;/h2*1-5H;1-3H3;/q2*-1;;+2. The first-order chi connectivity index (χ1) is 6.73. The fourth-order valence-electron chi connectivity index (χ4n) is 0.642. The van der Waals surface area contributed by atoms with E-state index in [9.17, 15) is 0 Å². The van der Waals surface area contributed by atoms with Gasteiger partial charge in [0.2, 0.25) is 0 Å². The molecule has 1 radical (unpaired) electrons. The summed E-state index contributed by atoms with van der Waals surface area (Å²) in [4.78, 5) is 0. The fourth-order valence-corrected chi connectivity index (χ4v) is 0.642. The van der Waals surface area contributed by atoms with Gasteiger partial charge in [-0.1, -0.05) is 19.6 Å². The van der Waals surface area contributed by atoms with Crippen molar-refractivity contribution in [2.75, 3.05) is 0 Å². The van der Waals surface area contributed by atoms with Crippen molar-refractivity contribution in [3.8, 4) is 0 Å². The van der Waals surface area contributed by atoms with Crippen molar-refractivity contribution in [1.82, 2.24) is 0 Å². The van der Waals surface area contributed by atoms with Crippen molar-refractivity contribution in [3.63, 3.8) is 0 Å². The molecule has 0 aromatic heterocycles. The molecule has 0 fully saturated rings. The van der Waals surface area contributed by atoms with Crippen molar-refractivity contribution in [1.29, 1.82) is 0 Å². The number of rotatable bonds is 0. The first-order valence-corrected chi connectivity index (χ1v) is 7.83. The van der Waals surface area contributed by atoms with E-state index in [2.05, 4.69) is 19.6 Å². The van der Waals surface area contributed by atoms with E-state index >= 15 is 0 Å². The maximum absolute atomic E-state index is 2.27. The third-order valence-corrected chi connectivity index (χ3v) is 1.11. The molecule has 0 saturated heterocycles. The molecule has 0 aliphatic heterocycles. The Morgan fingerprint density at radius 2 is 0.867 bits per heavy atom. The Morgan fingerprint density at radius 3 is 0.933 bits per heavy atom. The molecule has 2 rings (SSSR count). The number of hydrogen-bond acceptors (Lipinski definition) is 0. The minimum Gasteiger partial charge on any atom is -0.214 e. The molecule has 79 valence electrons. The Hall–Kier alpha value is -0.200. The molecular formula is C13H19SiZr. The zero-order chi connectivity index (χ0) is 10.6. The Labute approximate surface area is 115 Å². The van der Waals surface area contributed by atoms with E-state index in [0.29, 0.717) is 0 Å². The van der Waals surface area contributed by atoms with Gasteiger partial charge in [-0.15, -0.1) is 0 Å². The van der Waals surface area contributed by atoms with Gasteiger partial charge in [0, 0.05) is 8.80 Å². The Bertz CT molecular complexity index is 182. The molecule has 0 aliphatic rings. The van der Waals surface area contributed by atoms with Gasteiger partial charge in [-0.25, -0.2) is 24.3 Å². The van der Waals surface area contributed by atoms with Crippen molar-refractivity contribution in [2.24, 2.45) is 0 Å². The molecule has 2 heteroatoms. The normalized spacial score (nSPS) is 7.73. The monoisotopic (exact) mass is 293 g/mol. The van der Waals surface area contributed by atoms with Gasteiger partial charge in [0.05, 0.1) is 0 Å². The first kappa shape index (κ1) is 17.2. The third kappa shape index (κ3) is 20.0. The molecule has 2 aromatic carbocycles. The van der Waals surface area contributed by atoms with Crippen LogP contribution in [0.1, 0.15) is 0 Å². The van der Waals surface area contributed by atoms with Crippen LogP contribution in [0.5, 0.6) is 0 Å². The summed E-state index contributed by atoms with van der Waals surface area (Å²) in [6, 6.07) is 20.0. The van der Waals surface area contributed by atoms with Crippen LogP contribution < -0.4 is 0 Å². The summed E-state index contributed by atoms with van der Waals surface area (Å²) in [5, 5.41) is 0. The van der Waals surface area contributed by atoms with Crippen molar-refractivity contribution in [3.05, 3.63) is 60.7 Å². The predicted molar refractivity (Wildman–Crippen MR) is 67.4 cm³/mol. The second kappa shape index (κ2) is 13.8. The van der Waals surface area contributed by atoms with Crippen molar-refractivity contribution >= 4 is 8.80 Å². The topological polar surface area (TPSA) is 0 Å². The minimum absolute atomic E-state index is 0. The van der Waals surface area contributed by atoms with E-state index in [0.717, 1.165) is 0 Å². The van der Waals surface area contributed by atoms with Crippen LogP contribution in [0, 0.1) is 0 Å². The summed E-state index contributed by atoms with van der Waals surface area (Å²) in [6.45, 7) is 6.81. The molecule has 0 unspecified atom stereocenters. The Balaban J connectivity index is 0. The van der Waals surface area contributed by atoms with Crippen LogP contribution in [-0.2, 0) is 26.2 Å². The molecule has 0 saturated carbocycles. The molecule has 0 atom stereocenters.